The minimum Gasteiger partial charge on any atom is -0.388 e. The van der Waals surface area contributed by atoms with Crippen LogP contribution in [0.5, 0.6) is 0 Å². The van der Waals surface area contributed by atoms with E-state index in [2.05, 4.69) is 5.16 Å². The Hall–Kier alpha value is -1.36. The van der Waals surface area contributed by atoms with E-state index in [1.165, 1.54) is 0 Å². The molecular weight excluding hydrogens is 232 g/mol. The van der Waals surface area contributed by atoms with Crippen LogP contribution >= 0.6 is 0 Å². The number of likely N-dealkylation sites (tertiary alicyclic amines) is 1. The molecule has 2 aliphatic rings. The fourth-order valence-corrected chi connectivity index (χ4v) is 2.82. The van der Waals surface area contributed by atoms with Crippen LogP contribution in [-0.2, 0) is 12.8 Å². The van der Waals surface area contributed by atoms with Gasteiger partial charge in [-0.05, 0) is 39.0 Å². The summed E-state index contributed by atoms with van der Waals surface area (Å²) in [7, 11) is 0. The van der Waals surface area contributed by atoms with Crippen LogP contribution in [0, 0.1) is 0 Å². The molecule has 98 valence electrons. The Morgan fingerprint density at radius 2 is 2.22 bits per heavy atom. The van der Waals surface area contributed by atoms with Crippen LogP contribution in [0.2, 0.25) is 0 Å². The van der Waals surface area contributed by atoms with Gasteiger partial charge in [0.1, 0.15) is 0 Å². The fraction of sp³-hybridized carbons (Fsp3) is 0.692. The number of aryl methyl sites for hydroxylation is 1. The number of amides is 1. The van der Waals surface area contributed by atoms with E-state index in [1.54, 1.807) is 11.8 Å². The van der Waals surface area contributed by atoms with E-state index in [4.69, 9.17) is 4.52 Å². The third-order valence-corrected chi connectivity index (χ3v) is 3.89. The molecule has 18 heavy (non-hydrogen) atoms. The molecule has 2 heterocycles. The summed E-state index contributed by atoms with van der Waals surface area (Å²) in [5.41, 5.74) is 1.16. The van der Waals surface area contributed by atoms with Gasteiger partial charge in [0.05, 0.1) is 11.3 Å². The van der Waals surface area contributed by atoms with Crippen LogP contribution in [-0.4, -0.2) is 39.8 Å². The molecule has 1 aromatic rings. The van der Waals surface area contributed by atoms with Crippen molar-refractivity contribution in [1.82, 2.24) is 10.1 Å². The molecular formula is C13H18N2O3. The van der Waals surface area contributed by atoms with Gasteiger partial charge in [0.2, 0.25) is 5.76 Å². The Labute approximate surface area is 106 Å². The van der Waals surface area contributed by atoms with Crippen molar-refractivity contribution in [1.29, 1.82) is 0 Å². The molecule has 1 saturated heterocycles. The summed E-state index contributed by atoms with van der Waals surface area (Å²) in [6, 6.07) is 0. The maximum atomic E-state index is 12.3. The van der Waals surface area contributed by atoms with Gasteiger partial charge >= 0.3 is 0 Å². The second-order valence-electron chi connectivity index (χ2n) is 5.62. The zero-order chi connectivity index (χ0) is 12.8. The van der Waals surface area contributed by atoms with E-state index in [-0.39, 0.29) is 5.91 Å². The topological polar surface area (TPSA) is 66.6 Å². The number of rotatable bonds is 1. The minimum atomic E-state index is -0.768. The smallest absolute Gasteiger partial charge is 0.292 e. The van der Waals surface area contributed by atoms with Crippen molar-refractivity contribution >= 4 is 5.91 Å². The number of carbonyl (C=O) groups excluding carboxylic acids is 1. The largest absolute Gasteiger partial charge is 0.388 e. The third kappa shape index (κ3) is 1.92. The van der Waals surface area contributed by atoms with Gasteiger partial charge in [0, 0.05) is 18.7 Å². The second kappa shape index (κ2) is 4.09. The van der Waals surface area contributed by atoms with E-state index in [0.717, 1.165) is 36.9 Å². The van der Waals surface area contributed by atoms with E-state index < -0.39 is 5.60 Å². The van der Waals surface area contributed by atoms with Crippen LogP contribution in [0.15, 0.2) is 4.52 Å². The molecule has 1 aromatic heterocycles. The van der Waals surface area contributed by atoms with Crippen LogP contribution in [0.3, 0.4) is 0 Å². The second-order valence-corrected chi connectivity index (χ2v) is 5.62. The first-order valence-electron chi connectivity index (χ1n) is 6.56. The number of aromatic nitrogens is 1. The number of carbonyl (C=O) groups is 1. The minimum absolute atomic E-state index is 0.122. The van der Waals surface area contributed by atoms with Crippen molar-refractivity contribution in [3.05, 3.63) is 17.0 Å². The number of nitrogens with zero attached hydrogens (tertiary/aromatic N) is 2. The first kappa shape index (κ1) is 11.7. The average molecular weight is 250 g/mol. The zero-order valence-corrected chi connectivity index (χ0v) is 10.6. The average Bonchev–Trinajstić information content (AvgIpc) is 2.91. The van der Waals surface area contributed by atoms with Crippen molar-refractivity contribution in [2.45, 2.75) is 44.6 Å². The number of fused-ring (bicyclic) bond motifs is 1. The summed E-state index contributed by atoms with van der Waals surface area (Å²) in [6.07, 6.45) is 4.61. The van der Waals surface area contributed by atoms with Gasteiger partial charge in [0.15, 0.2) is 0 Å². The van der Waals surface area contributed by atoms with Gasteiger partial charge in [-0.15, -0.1) is 0 Å². The summed E-state index contributed by atoms with van der Waals surface area (Å²) in [4.78, 5) is 14.0. The summed E-state index contributed by atoms with van der Waals surface area (Å²) in [5.74, 6) is 0.269. The van der Waals surface area contributed by atoms with E-state index in [0.29, 0.717) is 25.3 Å². The molecule has 5 heteroatoms. The molecule has 1 fully saturated rings. The molecule has 0 unspecified atom stereocenters. The maximum absolute atomic E-state index is 12.3. The highest BCUT2D eigenvalue weighted by Crippen LogP contribution is 2.27. The van der Waals surface area contributed by atoms with Gasteiger partial charge in [-0.1, -0.05) is 5.16 Å². The van der Waals surface area contributed by atoms with E-state index in [9.17, 15) is 9.90 Å². The molecule has 1 amide bonds. The van der Waals surface area contributed by atoms with Crippen LogP contribution in [0.4, 0.5) is 0 Å². The molecule has 3 rings (SSSR count). The highest BCUT2D eigenvalue weighted by atomic mass is 16.5. The Morgan fingerprint density at radius 3 is 2.94 bits per heavy atom. The van der Waals surface area contributed by atoms with Gasteiger partial charge in [-0.2, -0.15) is 0 Å². The lowest BCUT2D eigenvalue weighted by Crippen LogP contribution is -2.34. The summed E-state index contributed by atoms with van der Waals surface area (Å²) in [6.45, 7) is 2.72. The molecule has 1 N–H and O–H groups in total. The Kier molecular flexibility index (Phi) is 2.66. The lowest BCUT2D eigenvalue weighted by molar-refractivity contribution is 0.0548. The Morgan fingerprint density at radius 1 is 1.44 bits per heavy atom. The summed E-state index contributed by atoms with van der Waals surface area (Å²) < 4.78 is 5.24. The molecule has 1 aliphatic heterocycles. The molecule has 0 spiro atoms. The van der Waals surface area contributed by atoms with Crippen LogP contribution in [0.1, 0.15) is 48.0 Å². The SMILES string of the molecule is C[C@]1(O)CCN(C(=O)c2onc3c2CCCC3)C1. The molecule has 0 aromatic carbocycles. The van der Waals surface area contributed by atoms with Crippen molar-refractivity contribution in [2.24, 2.45) is 0 Å². The molecule has 0 radical (unpaired) electrons. The number of hydrogen-bond donors (Lipinski definition) is 1. The predicted octanol–water partition coefficient (Wildman–Crippen LogP) is 1.15. The lowest BCUT2D eigenvalue weighted by Gasteiger charge is -2.18. The summed E-state index contributed by atoms with van der Waals surface area (Å²) >= 11 is 0. The first-order valence-corrected chi connectivity index (χ1v) is 6.56. The number of hydrogen-bond acceptors (Lipinski definition) is 4. The molecule has 1 atom stereocenters. The van der Waals surface area contributed by atoms with Crippen molar-refractivity contribution < 1.29 is 14.4 Å². The predicted molar refractivity (Wildman–Crippen MR) is 64.3 cm³/mol. The first-order chi connectivity index (χ1) is 8.57. The Balaban J connectivity index is 1.83. The molecule has 0 bridgehead atoms. The lowest BCUT2D eigenvalue weighted by atomic mass is 9.96. The normalized spacial score (nSPS) is 27.3. The van der Waals surface area contributed by atoms with Crippen LogP contribution in [0.25, 0.3) is 0 Å². The van der Waals surface area contributed by atoms with Gasteiger partial charge in [-0.3, -0.25) is 4.79 Å². The zero-order valence-electron chi connectivity index (χ0n) is 10.6. The monoisotopic (exact) mass is 250 g/mol. The summed E-state index contributed by atoms with van der Waals surface area (Å²) in [5, 5.41) is 13.9. The maximum Gasteiger partial charge on any atom is 0.292 e. The highest BCUT2D eigenvalue weighted by molar-refractivity contribution is 5.93. The van der Waals surface area contributed by atoms with Gasteiger partial charge < -0.3 is 14.5 Å². The van der Waals surface area contributed by atoms with E-state index >= 15 is 0 Å². The molecule has 1 aliphatic carbocycles. The van der Waals surface area contributed by atoms with Gasteiger partial charge in [-0.25, -0.2) is 0 Å². The quantitative estimate of drug-likeness (QED) is 0.812. The van der Waals surface area contributed by atoms with Crippen LogP contribution < -0.4 is 0 Å². The molecule has 5 nitrogen and oxygen atoms in total. The standard InChI is InChI=1S/C13H18N2O3/c1-13(17)6-7-15(8-13)12(16)11-9-4-2-3-5-10(9)14-18-11/h17H,2-8H2,1H3/t13-/m0/s1. The Bertz CT molecular complexity index is 479. The van der Waals surface area contributed by atoms with Crippen molar-refractivity contribution in [3.63, 3.8) is 0 Å². The third-order valence-electron chi connectivity index (χ3n) is 3.89. The highest BCUT2D eigenvalue weighted by Gasteiger charge is 2.37. The number of aliphatic hydroxyl groups is 1. The number of β-amino-alcohol motifs (C(OH)–C–C–N with tert-alkyl or cyclic N) is 1. The van der Waals surface area contributed by atoms with E-state index in [1.807, 2.05) is 0 Å². The van der Waals surface area contributed by atoms with Gasteiger partial charge in [0.25, 0.3) is 5.91 Å². The fourth-order valence-electron chi connectivity index (χ4n) is 2.82. The van der Waals surface area contributed by atoms with Crippen molar-refractivity contribution in [2.75, 3.05) is 13.1 Å². The molecule has 0 saturated carbocycles. The van der Waals surface area contributed by atoms with Crippen molar-refractivity contribution in [3.8, 4) is 0 Å².